The maximum Gasteiger partial charge on any atom is 0.236 e. The topological polar surface area (TPSA) is 73.6 Å². The fraction of sp³-hybridized carbons (Fsp3) is 0.750. The van der Waals surface area contributed by atoms with Crippen LogP contribution in [0, 0.1) is 0 Å². The lowest BCUT2D eigenvalue weighted by Crippen LogP contribution is -2.30. The van der Waals surface area contributed by atoms with E-state index in [4.69, 9.17) is 5.84 Å². The molecule has 0 atom stereocenters. The van der Waals surface area contributed by atoms with Crippen molar-refractivity contribution in [3.63, 3.8) is 0 Å². The number of nitrogens with one attached hydrogen (secondary N) is 1. The smallest absolute Gasteiger partial charge is 0.236 e. The van der Waals surface area contributed by atoms with Crippen LogP contribution in [0.4, 0.5) is 0 Å². The summed E-state index contributed by atoms with van der Waals surface area (Å²) in [6, 6.07) is 0. The summed E-state index contributed by atoms with van der Waals surface area (Å²) in [5, 5.41) is 0. The van der Waals surface area contributed by atoms with E-state index in [-0.39, 0.29) is 18.9 Å². The summed E-state index contributed by atoms with van der Waals surface area (Å²) in [5.74, 6) is 4.49. The second kappa shape index (κ2) is 5.49. The summed E-state index contributed by atoms with van der Waals surface area (Å²) in [6.07, 6.45) is 0.213. The van der Waals surface area contributed by atoms with Crippen molar-refractivity contribution in [3.05, 3.63) is 0 Å². The summed E-state index contributed by atoms with van der Waals surface area (Å²) in [4.78, 5) is 18.9. The predicted molar refractivity (Wildman–Crippen MR) is 29.9 cm³/mol. The van der Waals surface area contributed by atoms with E-state index in [1.165, 1.54) is 7.11 Å². The Balaban J connectivity index is 2.97. The van der Waals surface area contributed by atoms with Gasteiger partial charge in [0.15, 0.2) is 0 Å². The van der Waals surface area contributed by atoms with Crippen LogP contribution in [0.2, 0.25) is 0 Å². The minimum Gasteiger partial charge on any atom is -0.294 e. The number of rotatable bonds is 4. The van der Waals surface area contributed by atoms with Gasteiger partial charge in [0.1, 0.15) is 0 Å². The van der Waals surface area contributed by atoms with Crippen molar-refractivity contribution in [2.24, 2.45) is 5.84 Å². The van der Waals surface area contributed by atoms with Crippen molar-refractivity contribution in [1.29, 1.82) is 0 Å². The molecule has 0 aliphatic rings. The summed E-state index contributed by atoms with van der Waals surface area (Å²) >= 11 is 0. The van der Waals surface area contributed by atoms with Crippen molar-refractivity contribution >= 4 is 5.91 Å². The zero-order valence-electron chi connectivity index (χ0n) is 5.22. The second-order valence-corrected chi connectivity index (χ2v) is 1.31. The molecule has 0 fully saturated rings. The Morgan fingerprint density at radius 2 is 2.44 bits per heavy atom. The Kier molecular flexibility index (Phi) is 5.09. The van der Waals surface area contributed by atoms with Crippen LogP contribution in [-0.2, 0) is 14.6 Å². The number of hydrogen-bond acceptors (Lipinski definition) is 4. The Labute approximate surface area is 53.0 Å². The average molecular weight is 134 g/mol. The van der Waals surface area contributed by atoms with E-state index < -0.39 is 0 Å². The van der Waals surface area contributed by atoms with Gasteiger partial charge in [0.25, 0.3) is 0 Å². The molecular formula is C4H10N2O3. The van der Waals surface area contributed by atoms with E-state index in [1.54, 1.807) is 0 Å². The van der Waals surface area contributed by atoms with Gasteiger partial charge in [-0.2, -0.15) is 0 Å². The molecule has 0 spiro atoms. The van der Waals surface area contributed by atoms with Crippen LogP contribution >= 0.6 is 0 Å². The number of amides is 1. The monoisotopic (exact) mass is 134 g/mol. The van der Waals surface area contributed by atoms with E-state index in [0.29, 0.717) is 0 Å². The molecule has 0 aliphatic carbocycles. The number of nitrogens with two attached hydrogens (primary N) is 1. The first-order valence-corrected chi connectivity index (χ1v) is 2.46. The molecule has 0 unspecified atom stereocenters. The molecule has 5 heteroatoms. The summed E-state index contributed by atoms with van der Waals surface area (Å²) < 4.78 is 0. The molecule has 5 nitrogen and oxygen atoms in total. The molecule has 0 saturated heterocycles. The maximum atomic E-state index is 10.3. The van der Waals surface area contributed by atoms with Crippen molar-refractivity contribution in [2.45, 2.75) is 6.42 Å². The Morgan fingerprint density at radius 3 is 2.89 bits per heavy atom. The molecule has 0 aromatic heterocycles. The quantitative estimate of drug-likeness (QED) is 0.169. The molecule has 9 heavy (non-hydrogen) atoms. The Morgan fingerprint density at radius 1 is 1.78 bits per heavy atom. The zero-order valence-corrected chi connectivity index (χ0v) is 5.22. The highest BCUT2D eigenvalue weighted by molar-refractivity contribution is 5.75. The van der Waals surface area contributed by atoms with Gasteiger partial charge in [0, 0.05) is 0 Å². The summed E-state index contributed by atoms with van der Waals surface area (Å²) in [5.41, 5.74) is 1.95. The van der Waals surface area contributed by atoms with Gasteiger partial charge in [-0.05, 0) is 0 Å². The van der Waals surface area contributed by atoms with Crippen LogP contribution < -0.4 is 11.3 Å². The molecule has 0 heterocycles. The first-order chi connectivity index (χ1) is 4.31. The van der Waals surface area contributed by atoms with Crippen molar-refractivity contribution in [2.75, 3.05) is 13.7 Å². The van der Waals surface area contributed by atoms with Gasteiger partial charge < -0.3 is 0 Å². The van der Waals surface area contributed by atoms with Crippen LogP contribution in [0.15, 0.2) is 0 Å². The number of hydrogen-bond donors (Lipinski definition) is 2. The third-order valence-corrected chi connectivity index (χ3v) is 0.691. The van der Waals surface area contributed by atoms with Crippen molar-refractivity contribution in [3.8, 4) is 0 Å². The normalized spacial score (nSPS) is 9.11. The van der Waals surface area contributed by atoms with Crippen LogP contribution in [0.25, 0.3) is 0 Å². The van der Waals surface area contributed by atoms with Crippen LogP contribution in [0.5, 0.6) is 0 Å². The fourth-order valence-corrected chi connectivity index (χ4v) is 0.290. The predicted octanol–water partition coefficient (Wildman–Crippen LogP) is -1.06. The van der Waals surface area contributed by atoms with Crippen LogP contribution in [0.1, 0.15) is 6.42 Å². The highest BCUT2D eigenvalue weighted by Gasteiger charge is 1.95. The molecule has 54 valence electrons. The van der Waals surface area contributed by atoms with E-state index in [2.05, 4.69) is 9.78 Å². The van der Waals surface area contributed by atoms with E-state index in [1.807, 2.05) is 5.43 Å². The summed E-state index contributed by atoms with van der Waals surface area (Å²) in [6.45, 7) is 0.222. The average Bonchev–Trinajstić information content (AvgIpc) is 1.89. The molecular weight excluding hydrogens is 124 g/mol. The molecule has 1 amide bonds. The number of carbonyl (C=O) groups excluding carboxylic acids is 1. The van der Waals surface area contributed by atoms with Gasteiger partial charge in [-0.1, -0.05) is 0 Å². The third-order valence-electron chi connectivity index (χ3n) is 0.691. The maximum absolute atomic E-state index is 10.3. The van der Waals surface area contributed by atoms with Crippen LogP contribution in [-0.4, -0.2) is 19.6 Å². The van der Waals surface area contributed by atoms with Gasteiger partial charge in [0.2, 0.25) is 5.91 Å². The fourth-order valence-electron chi connectivity index (χ4n) is 0.290. The highest BCUT2D eigenvalue weighted by atomic mass is 17.2. The van der Waals surface area contributed by atoms with E-state index in [9.17, 15) is 4.79 Å². The van der Waals surface area contributed by atoms with Gasteiger partial charge >= 0.3 is 0 Å². The molecule has 0 radical (unpaired) electrons. The largest absolute Gasteiger partial charge is 0.294 e. The lowest BCUT2D eigenvalue weighted by atomic mass is 10.4. The van der Waals surface area contributed by atoms with Gasteiger partial charge in [-0.3, -0.25) is 10.2 Å². The number of carbonyl (C=O) groups is 1. The van der Waals surface area contributed by atoms with Crippen LogP contribution in [0.3, 0.4) is 0 Å². The first kappa shape index (κ1) is 8.35. The van der Waals surface area contributed by atoms with Gasteiger partial charge in [-0.25, -0.2) is 15.6 Å². The van der Waals surface area contributed by atoms with E-state index in [0.717, 1.165) is 0 Å². The Hall–Kier alpha value is -0.650. The third kappa shape index (κ3) is 5.22. The summed E-state index contributed by atoms with van der Waals surface area (Å²) in [7, 11) is 1.38. The lowest BCUT2D eigenvalue weighted by Gasteiger charge is -1.97. The SMILES string of the molecule is COOCCC(=O)NN. The second-order valence-electron chi connectivity index (χ2n) is 1.31. The standard InChI is InChI=1S/C4H10N2O3/c1-8-9-3-2-4(7)6-5/h2-3,5H2,1H3,(H,6,7). The molecule has 0 aliphatic heterocycles. The van der Waals surface area contributed by atoms with E-state index >= 15 is 0 Å². The van der Waals surface area contributed by atoms with Crippen molar-refractivity contribution < 1.29 is 14.6 Å². The van der Waals surface area contributed by atoms with Gasteiger partial charge in [-0.15, -0.1) is 0 Å². The molecule has 0 saturated carbocycles. The zero-order chi connectivity index (χ0) is 7.11. The lowest BCUT2D eigenvalue weighted by molar-refractivity contribution is -0.271. The molecule has 0 bridgehead atoms. The molecule has 3 N–H and O–H groups in total. The number of hydrazine groups is 1. The Bertz CT molecular complexity index is 85.9. The van der Waals surface area contributed by atoms with Crippen molar-refractivity contribution in [1.82, 2.24) is 5.43 Å². The minimum absolute atomic E-state index is 0.213. The molecule has 0 rings (SSSR count). The first-order valence-electron chi connectivity index (χ1n) is 2.46. The molecule has 0 aromatic rings. The highest BCUT2D eigenvalue weighted by Crippen LogP contribution is 1.80. The minimum atomic E-state index is -0.271. The van der Waals surface area contributed by atoms with Gasteiger partial charge in [0.05, 0.1) is 20.1 Å². The molecule has 0 aromatic carbocycles.